The first kappa shape index (κ1) is 15.6. The lowest BCUT2D eigenvalue weighted by Gasteiger charge is -2.41. The van der Waals surface area contributed by atoms with Crippen LogP contribution in [0.2, 0.25) is 0 Å². The molecule has 0 fully saturated rings. The van der Waals surface area contributed by atoms with Gasteiger partial charge in [-0.05, 0) is 31.5 Å². The van der Waals surface area contributed by atoms with Gasteiger partial charge in [0.25, 0.3) is 5.91 Å². The second kappa shape index (κ2) is 5.02. The van der Waals surface area contributed by atoms with Gasteiger partial charge in [-0.2, -0.15) is 0 Å². The molecule has 7 heteroatoms. The van der Waals surface area contributed by atoms with Crippen LogP contribution in [0.1, 0.15) is 25.8 Å². The first-order valence-electron chi connectivity index (χ1n) is 8.05. The Bertz CT molecular complexity index is 894. The fourth-order valence-electron chi connectivity index (χ4n) is 3.61. The van der Waals surface area contributed by atoms with Crippen molar-refractivity contribution in [2.45, 2.75) is 31.4 Å². The van der Waals surface area contributed by atoms with Gasteiger partial charge in [-0.15, -0.1) is 0 Å². The Labute approximate surface area is 145 Å². The smallest absolute Gasteiger partial charge is 0.261 e. The number of benzene rings is 1. The van der Waals surface area contributed by atoms with E-state index in [1.807, 2.05) is 32.0 Å². The van der Waals surface area contributed by atoms with E-state index >= 15 is 0 Å². The number of rotatable bonds is 1. The number of guanidine groups is 1. The van der Waals surface area contributed by atoms with Gasteiger partial charge in [-0.1, -0.05) is 6.07 Å². The number of ether oxygens (including phenoxy) is 1. The van der Waals surface area contributed by atoms with Gasteiger partial charge in [0.1, 0.15) is 17.7 Å². The average molecular weight is 337 g/mol. The zero-order chi connectivity index (χ0) is 17.8. The normalized spacial score (nSPS) is 24.0. The molecule has 1 atom stereocenters. The number of aliphatic imine (C=N–C) groups is 1. The fourth-order valence-corrected chi connectivity index (χ4v) is 3.61. The predicted molar refractivity (Wildman–Crippen MR) is 92.9 cm³/mol. The summed E-state index contributed by atoms with van der Waals surface area (Å²) in [5, 5.41) is 0. The van der Waals surface area contributed by atoms with Crippen molar-refractivity contribution < 1.29 is 9.53 Å². The summed E-state index contributed by atoms with van der Waals surface area (Å²) in [7, 11) is 1.65. The van der Waals surface area contributed by atoms with E-state index < -0.39 is 11.1 Å². The summed E-state index contributed by atoms with van der Waals surface area (Å²) in [6, 6.07) is 5.73. The number of carbonyl (C=O) groups excluding carboxylic acids is 1. The molecule has 0 saturated carbocycles. The number of hydrogen-bond donors (Lipinski definition) is 1. The number of fused-ring (bicyclic) bond motifs is 2. The van der Waals surface area contributed by atoms with E-state index in [2.05, 4.69) is 15.0 Å². The highest BCUT2D eigenvalue weighted by Gasteiger charge is 2.55. The van der Waals surface area contributed by atoms with E-state index in [1.54, 1.807) is 19.4 Å². The van der Waals surface area contributed by atoms with Gasteiger partial charge >= 0.3 is 0 Å². The number of amides is 1. The Morgan fingerprint density at radius 1 is 1.20 bits per heavy atom. The van der Waals surface area contributed by atoms with Gasteiger partial charge in [-0.25, -0.2) is 15.0 Å². The van der Waals surface area contributed by atoms with Gasteiger partial charge in [0.15, 0.2) is 11.5 Å². The van der Waals surface area contributed by atoms with Crippen molar-refractivity contribution in [3.63, 3.8) is 0 Å². The summed E-state index contributed by atoms with van der Waals surface area (Å²) < 4.78 is 6.10. The topological polar surface area (TPSA) is 93.7 Å². The molecule has 2 aliphatic heterocycles. The Morgan fingerprint density at radius 3 is 2.56 bits per heavy atom. The van der Waals surface area contributed by atoms with Crippen LogP contribution in [0.25, 0.3) is 11.1 Å². The number of nitrogens with two attached hydrogens (primary N) is 1. The lowest BCUT2D eigenvalue weighted by molar-refractivity contribution is -0.133. The maximum Gasteiger partial charge on any atom is 0.261 e. The van der Waals surface area contributed by atoms with Crippen LogP contribution in [0.15, 0.2) is 41.9 Å². The van der Waals surface area contributed by atoms with Crippen LogP contribution in [-0.2, 0) is 10.3 Å². The van der Waals surface area contributed by atoms with E-state index in [4.69, 9.17) is 10.5 Å². The molecule has 7 nitrogen and oxygen atoms in total. The SMILES string of the molecule is CN1C(=O)C2(CC(C)(C)Oc3ccc(-c4cncnc4)cc32)N=C1N. The molecule has 2 N–H and O–H groups in total. The number of nitrogens with zero attached hydrogens (tertiary/aromatic N) is 4. The lowest BCUT2D eigenvalue weighted by atomic mass is 9.77. The Hall–Kier alpha value is -2.96. The van der Waals surface area contributed by atoms with Crippen molar-refractivity contribution in [2.24, 2.45) is 10.7 Å². The highest BCUT2D eigenvalue weighted by Crippen LogP contribution is 2.49. The van der Waals surface area contributed by atoms with Crippen LogP contribution < -0.4 is 10.5 Å². The second-order valence-electron chi connectivity index (χ2n) is 7.07. The molecule has 1 aromatic carbocycles. The monoisotopic (exact) mass is 337 g/mol. The molecule has 0 saturated heterocycles. The number of aromatic nitrogens is 2. The molecule has 2 aliphatic rings. The van der Waals surface area contributed by atoms with Crippen molar-refractivity contribution in [2.75, 3.05) is 7.05 Å². The molecular formula is C18H19N5O2. The summed E-state index contributed by atoms with van der Waals surface area (Å²) in [6.07, 6.45) is 5.37. The Morgan fingerprint density at radius 2 is 1.92 bits per heavy atom. The number of carbonyl (C=O) groups is 1. The van der Waals surface area contributed by atoms with E-state index in [0.717, 1.165) is 16.7 Å². The minimum Gasteiger partial charge on any atom is -0.487 e. The third kappa shape index (κ3) is 2.26. The molecule has 128 valence electrons. The number of hydrogen-bond acceptors (Lipinski definition) is 6. The summed E-state index contributed by atoms with van der Waals surface area (Å²) >= 11 is 0. The van der Waals surface area contributed by atoms with Gasteiger partial charge in [0, 0.05) is 37.0 Å². The molecular weight excluding hydrogens is 318 g/mol. The summed E-state index contributed by atoms with van der Waals surface area (Å²) in [4.78, 5) is 27.1. The van der Waals surface area contributed by atoms with Gasteiger partial charge in [0.05, 0.1) is 0 Å². The van der Waals surface area contributed by atoms with Crippen LogP contribution in [0.3, 0.4) is 0 Å². The van der Waals surface area contributed by atoms with Crippen LogP contribution in [0.5, 0.6) is 5.75 Å². The summed E-state index contributed by atoms with van der Waals surface area (Å²) in [5.74, 6) is 0.739. The van der Waals surface area contributed by atoms with E-state index in [1.165, 1.54) is 11.2 Å². The Kier molecular flexibility index (Phi) is 3.12. The van der Waals surface area contributed by atoms with Crippen LogP contribution in [0.4, 0.5) is 0 Å². The highest BCUT2D eigenvalue weighted by molar-refractivity contribution is 6.07. The molecule has 1 spiro atoms. The molecule has 0 bridgehead atoms. The highest BCUT2D eigenvalue weighted by atomic mass is 16.5. The maximum absolute atomic E-state index is 13.0. The molecule has 2 aromatic rings. The summed E-state index contributed by atoms with van der Waals surface area (Å²) in [6.45, 7) is 3.90. The molecule has 1 amide bonds. The standard InChI is InChI=1S/C18H19N5O2/c1-17(2)9-18(15(24)23(3)16(19)22-18)13-6-11(4-5-14(13)25-17)12-7-20-10-21-8-12/h4-8,10H,9H2,1-3H3,(H2,19,22). The quantitative estimate of drug-likeness (QED) is 0.854. The minimum atomic E-state index is -1.05. The molecule has 1 aromatic heterocycles. The van der Waals surface area contributed by atoms with Crippen molar-refractivity contribution in [1.82, 2.24) is 14.9 Å². The third-order valence-electron chi connectivity index (χ3n) is 4.69. The largest absolute Gasteiger partial charge is 0.487 e. The molecule has 0 aliphatic carbocycles. The molecule has 1 unspecified atom stereocenters. The fraction of sp³-hybridized carbons (Fsp3) is 0.333. The molecule has 4 rings (SSSR count). The van der Waals surface area contributed by atoms with Crippen molar-refractivity contribution in [3.8, 4) is 16.9 Å². The van der Waals surface area contributed by atoms with E-state index in [0.29, 0.717) is 12.2 Å². The van der Waals surface area contributed by atoms with Crippen LogP contribution >= 0.6 is 0 Å². The Balaban J connectivity index is 1.93. The van der Waals surface area contributed by atoms with E-state index in [9.17, 15) is 4.79 Å². The molecule has 3 heterocycles. The average Bonchev–Trinajstić information content (AvgIpc) is 2.79. The first-order valence-corrected chi connectivity index (χ1v) is 8.05. The lowest BCUT2D eigenvalue weighted by Crippen LogP contribution is -2.49. The molecule has 25 heavy (non-hydrogen) atoms. The minimum absolute atomic E-state index is 0.135. The number of likely N-dealkylation sites (N-methyl/N-ethyl adjacent to an activating group) is 1. The first-order chi connectivity index (χ1) is 11.8. The zero-order valence-electron chi connectivity index (χ0n) is 14.4. The predicted octanol–water partition coefficient (Wildman–Crippen LogP) is 1.69. The van der Waals surface area contributed by atoms with Crippen molar-refractivity contribution in [3.05, 3.63) is 42.5 Å². The summed E-state index contributed by atoms with van der Waals surface area (Å²) in [5.41, 5.74) is 6.87. The third-order valence-corrected chi connectivity index (χ3v) is 4.69. The van der Waals surface area contributed by atoms with Crippen LogP contribution in [-0.4, -0.2) is 39.4 Å². The molecule has 0 radical (unpaired) electrons. The van der Waals surface area contributed by atoms with Gasteiger partial charge < -0.3 is 10.5 Å². The maximum atomic E-state index is 13.0. The van der Waals surface area contributed by atoms with Gasteiger partial charge in [0.2, 0.25) is 0 Å². The van der Waals surface area contributed by atoms with Crippen molar-refractivity contribution in [1.29, 1.82) is 0 Å². The zero-order valence-corrected chi connectivity index (χ0v) is 14.4. The van der Waals surface area contributed by atoms with E-state index in [-0.39, 0.29) is 11.9 Å². The second-order valence-corrected chi connectivity index (χ2v) is 7.07. The van der Waals surface area contributed by atoms with Crippen molar-refractivity contribution >= 4 is 11.9 Å². The van der Waals surface area contributed by atoms with Gasteiger partial charge in [-0.3, -0.25) is 9.69 Å². The van der Waals surface area contributed by atoms with Crippen LogP contribution in [0, 0.1) is 0 Å².